The molecule has 7 heteroatoms. The molecule has 0 saturated carbocycles. The van der Waals surface area contributed by atoms with Crippen LogP contribution in [0.1, 0.15) is 40.0 Å². The van der Waals surface area contributed by atoms with E-state index in [1.165, 1.54) is 0 Å². The lowest BCUT2D eigenvalue weighted by Gasteiger charge is -2.02. The Morgan fingerprint density at radius 1 is 1.53 bits per heavy atom. The van der Waals surface area contributed by atoms with E-state index in [1.54, 1.807) is 0 Å². The SMILES string of the molecule is C/C(CCC(C)C)=N\N=C1/NC(=O)C(CC(=O)O)S1. The molecule has 106 valence electrons. The number of rotatable bonds is 6. The molecule has 1 unspecified atom stereocenters. The van der Waals surface area contributed by atoms with Gasteiger partial charge in [0.15, 0.2) is 5.17 Å². The van der Waals surface area contributed by atoms with Crippen LogP contribution < -0.4 is 5.32 Å². The van der Waals surface area contributed by atoms with Crippen molar-refractivity contribution in [1.82, 2.24) is 5.32 Å². The summed E-state index contributed by atoms with van der Waals surface area (Å²) in [4.78, 5) is 22.0. The summed E-state index contributed by atoms with van der Waals surface area (Å²) in [5, 5.41) is 19.0. The third kappa shape index (κ3) is 5.87. The van der Waals surface area contributed by atoms with Crippen molar-refractivity contribution in [2.75, 3.05) is 0 Å². The number of amides is 1. The quantitative estimate of drug-likeness (QED) is 0.575. The molecule has 1 saturated heterocycles. The van der Waals surface area contributed by atoms with Crippen molar-refractivity contribution in [2.45, 2.75) is 45.3 Å². The molecule has 1 fully saturated rings. The smallest absolute Gasteiger partial charge is 0.305 e. The molecule has 0 spiro atoms. The molecule has 6 nitrogen and oxygen atoms in total. The monoisotopic (exact) mass is 285 g/mol. The number of carboxylic acids is 1. The Labute approximate surface area is 116 Å². The number of amidine groups is 1. The summed E-state index contributed by atoms with van der Waals surface area (Å²) in [6, 6.07) is 0. The van der Waals surface area contributed by atoms with Crippen molar-refractivity contribution >= 4 is 34.5 Å². The van der Waals surface area contributed by atoms with Gasteiger partial charge in [-0.25, -0.2) is 0 Å². The second kappa shape index (κ2) is 7.28. The van der Waals surface area contributed by atoms with Gasteiger partial charge in [0.1, 0.15) is 5.25 Å². The number of nitrogens with zero attached hydrogens (tertiary/aromatic N) is 2. The van der Waals surface area contributed by atoms with Crippen molar-refractivity contribution in [1.29, 1.82) is 0 Å². The Balaban J connectivity index is 2.53. The predicted molar refractivity (Wildman–Crippen MR) is 76.4 cm³/mol. The van der Waals surface area contributed by atoms with E-state index in [2.05, 4.69) is 29.4 Å². The average molecular weight is 285 g/mol. The third-order valence-electron chi connectivity index (χ3n) is 2.53. The first-order valence-electron chi connectivity index (χ1n) is 6.19. The molecule has 1 heterocycles. The summed E-state index contributed by atoms with van der Waals surface area (Å²) in [6.45, 7) is 6.17. The summed E-state index contributed by atoms with van der Waals surface area (Å²) in [6.07, 6.45) is 1.71. The lowest BCUT2D eigenvalue weighted by molar-refractivity contribution is -0.138. The molecule has 0 aromatic carbocycles. The Hall–Kier alpha value is -1.37. The fourth-order valence-electron chi connectivity index (χ4n) is 1.42. The van der Waals surface area contributed by atoms with Gasteiger partial charge in [0, 0.05) is 5.71 Å². The topological polar surface area (TPSA) is 91.1 Å². The van der Waals surface area contributed by atoms with Crippen molar-refractivity contribution in [3.05, 3.63) is 0 Å². The van der Waals surface area contributed by atoms with Gasteiger partial charge in [0.25, 0.3) is 0 Å². The van der Waals surface area contributed by atoms with E-state index in [0.717, 1.165) is 30.3 Å². The molecule has 1 amide bonds. The Morgan fingerprint density at radius 3 is 2.79 bits per heavy atom. The normalized spacial score (nSPS) is 22.1. The maximum absolute atomic E-state index is 11.5. The van der Waals surface area contributed by atoms with Crippen molar-refractivity contribution in [3.8, 4) is 0 Å². The number of hydrogen-bond donors (Lipinski definition) is 2. The molecule has 1 rings (SSSR count). The first kappa shape index (κ1) is 15.7. The second-order valence-electron chi connectivity index (χ2n) is 4.87. The molecule has 19 heavy (non-hydrogen) atoms. The molecule has 0 bridgehead atoms. The zero-order valence-corrected chi connectivity index (χ0v) is 12.2. The largest absolute Gasteiger partial charge is 0.481 e. The third-order valence-corrected chi connectivity index (χ3v) is 3.60. The fourth-order valence-corrected chi connectivity index (χ4v) is 2.33. The van der Waals surface area contributed by atoms with Gasteiger partial charge >= 0.3 is 5.97 Å². The van der Waals surface area contributed by atoms with Crippen LogP contribution in [0.15, 0.2) is 10.2 Å². The van der Waals surface area contributed by atoms with Crippen molar-refractivity contribution in [3.63, 3.8) is 0 Å². The molecule has 1 aliphatic heterocycles. The summed E-state index contributed by atoms with van der Waals surface area (Å²) in [5.74, 6) is -0.704. The number of carboxylic acid groups (broad SMARTS) is 1. The molecular weight excluding hydrogens is 266 g/mol. The van der Waals surface area contributed by atoms with E-state index in [4.69, 9.17) is 5.11 Å². The van der Waals surface area contributed by atoms with Crippen molar-refractivity contribution < 1.29 is 14.7 Å². The molecule has 2 N–H and O–H groups in total. The first-order valence-corrected chi connectivity index (χ1v) is 7.07. The van der Waals surface area contributed by atoms with Crippen LogP contribution in [0.2, 0.25) is 0 Å². The van der Waals surface area contributed by atoms with E-state index >= 15 is 0 Å². The van der Waals surface area contributed by atoms with Gasteiger partial charge < -0.3 is 10.4 Å². The van der Waals surface area contributed by atoms with Crippen LogP contribution in [-0.4, -0.2) is 33.1 Å². The Morgan fingerprint density at radius 2 is 2.21 bits per heavy atom. The maximum Gasteiger partial charge on any atom is 0.305 e. The van der Waals surface area contributed by atoms with Gasteiger partial charge in [-0.05, 0) is 25.7 Å². The second-order valence-corrected chi connectivity index (χ2v) is 6.06. The van der Waals surface area contributed by atoms with Crippen LogP contribution >= 0.6 is 11.8 Å². The van der Waals surface area contributed by atoms with Crippen LogP contribution in [0.5, 0.6) is 0 Å². The van der Waals surface area contributed by atoms with Crippen molar-refractivity contribution in [2.24, 2.45) is 16.1 Å². The first-order chi connectivity index (χ1) is 8.88. The molecule has 1 aliphatic rings. The summed E-state index contributed by atoms with van der Waals surface area (Å²) < 4.78 is 0. The summed E-state index contributed by atoms with van der Waals surface area (Å²) in [7, 11) is 0. The lowest BCUT2D eigenvalue weighted by Crippen LogP contribution is -2.26. The van der Waals surface area contributed by atoms with E-state index in [0.29, 0.717) is 11.1 Å². The molecule has 1 atom stereocenters. The maximum atomic E-state index is 11.5. The lowest BCUT2D eigenvalue weighted by atomic mass is 10.1. The standard InChI is InChI=1S/C12H19N3O3S/c1-7(2)4-5-8(3)14-15-12-13-11(18)9(19-12)6-10(16)17/h7,9H,4-6H2,1-3H3,(H,16,17)(H,13,15,18)/b14-8+. The van der Waals surface area contributed by atoms with Gasteiger partial charge in [0.2, 0.25) is 5.91 Å². The highest BCUT2D eigenvalue weighted by atomic mass is 32.2. The number of carbonyl (C=O) groups excluding carboxylic acids is 1. The zero-order valence-electron chi connectivity index (χ0n) is 11.3. The highest BCUT2D eigenvalue weighted by Gasteiger charge is 2.32. The molecular formula is C12H19N3O3S. The van der Waals surface area contributed by atoms with Crippen LogP contribution in [0, 0.1) is 5.92 Å². The van der Waals surface area contributed by atoms with Gasteiger partial charge in [-0.15, -0.1) is 5.10 Å². The number of carbonyl (C=O) groups is 2. The minimum atomic E-state index is -0.995. The van der Waals surface area contributed by atoms with E-state index in [9.17, 15) is 9.59 Å². The van der Waals surface area contributed by atoms with Gasteiger partial charge in [-0.2, -0.15) is 5.10 Å². The van der Waals surface area contributed by atoms with Gasteiger partial charge in [-0.1, -0.05) is 25.6 Å². The van der Waals surface area contributed by atoms with E-state index in [-0.39, 0.29) is 12.3 Å². The number of nitrogens with one attached hydrogen (secondary N) is 1. The molecule has 0 radical (unpaired) electrons. The average Bonchev–Trinajstić information content (AvgIpc) is 2.64. The minimum absolute atomic E-state index is 0.203. The summed E-state index contributed by atoms with van der Waals surface area (Å²) >= 11 is 1.11. The van der Waals surface area contributed by atoms with Crippen LogP contribution in [0.4, 0.5) is 0 Å². The highest BCUT2D eigenvalue weighted by molar-refractivity contribution is 8.15. The predicted octanol–water partition coefficient (Wildman–Crippen LogP) is 1.86. The Bertz CT molecular complexity index is 418. The molecule has 0 aromatic rings. The van der Waals surface area contributed by atoms with E-state index in [1.807, 2.05) is 6.92 Å². The van der Waals surface area contributed by atoms with E-state index < -0.39 is 11.2 Å². The van der Waals surface area contributed by atoms with Crippen LogP contribution in [0.25, 0.3) is 0 Å². The van der Waals surface area contributed by atoms with Gasteiger partial charge in [-0.3, -0.25) is 9.59 Å². The fraction of sp³-hybridized carbons (Fsp3) is 0.667. The van der Waals surface area contributed by atoms with Crippen LogP contribution in [-0.2, 0) is 9.59 Å². The number of hydrogen-bond acceptors (Lipinski definition) is 5. The summed E-state index contributed by atoms with van der Waals surface area (Å²) in [5.41, 5.74) is 0.901. The molecule has 0 aliphatic carbocycles. The zero-order chi connectivity index (χ0) is 14.4. The minimum Gasteiger partial charge on any atom is -0.481 e. The Kier molecular flexibility index (Phi) is 6.01. The van der Waals surface area contributed by atoms with Gasteiger partial charge in [0.05, 0.1) is 6.42 Å². The number of aliphatic carboxylic acids is 1. The van der Waals surface area contributed by atoms with Crippen LogP contribution in [0.3, 0.4) is 0 Å². The molecule has 0 aromatic heterocycles. The highest BCUT2D eigenvalue weighted by Crippen LogP contribution is 2.22. The number of thioether (sulfide) groups is 1.